The van der Waals surface area contributed by atoms with Crippen molar-refractivity contribution in [1.82, 2.24) is 15.0 Å². The molecule has 2 aromatic carbocycles. The number of esters is 2. The summed E-state index contributed by atoms with van der Waals surface area (Å²) < 4.78 is 32.3. The van der Waals surface area contributed by atoms with E-state index in [0.29, 0.717) is 50.6 Å². The Labute approximate surface area is 294 Å². The van der Waals surface area contributed by atoms with Gasteiger partial charge in [-0.2, -0.15) is 0 Å². The monoisotopic (exact) mass is 734 g/mol. The first-order valence-electron chi connectivity index (χ1n) is 15.8. The van der Waals surface area contributed by atoms with E-state index in [1.165, 1.54) is 17.4 Å². The molecular weight excluding hydrogens is 702 g/mol. The summed E-state index contributed by atoms with van der Waals surface area (Å²) in [7, 11) is 0. The number of benzene rings is 2. The molecule has 4 aromatic rings. The molecule has 16 heteroatoms. The van der Waals surface area contributed by atoms with Gasteiger partial charge in [0, 0.05) is 50.0 Å². The van der Waals surface area contributed by atoms with Crippen molar-refractivity contribution in [2.45, 2.75) is 50.7 Å². The number of hydrogen-bond acceptors (Lipinski definition) is 12. The normalized spacial score (nSPS) is 17.7. The molecule has 6 rings (SSSR count). The number of hydrogen-bond donors (Lipinski definition) is 2. The van der Waals surface area contributed by atoms with Gasteiger partial charge in [-0.3, -0.25) is 4.79 Å². The summed E-state index contributed by atoms with van der Waals surface area (Å²) in [5, 5.41) is 23.6. The smallest absolute Gasteiger partial charge is 0.344 e. The van der Waals surface area contributed by atoms with Crippen molar-refractivity contribution in [3.8, 4) is 11.3 Å². The van der Waals surface area contributed by atoms with E-state index in [-0.39, 0.29) is 60.6 Å². The lowest BCUT2D eigenvalue weighted by Gasteiger charge is -2.37. The Morgan fingerprint density at radius 2 is 1.82 bits per heavy atom. The lowest BCUT2D eigenvalue weighted by atomic mass is 10.0. The predicted molar refractivity (Wildman–Crippen MR) is 180 cm³/mol. The number of carbonyl (C=O) groups excluding carboxylic acids is 3. The zero-order chi connectivity index (χ0) is 34.8. The van der Waals surface area contributed by atoms with E-state index in [1.54, 1.807) is 18.2 Å². The van der Waals surface area contributed by atoms with Crippen LogP contribution in [0.3, 0.4) is 0 Å². The zero-order valence-electron chi connectivity index (χ0n) is 26.4. The van der Waals surface area contributed by atoms with Gasteiger partial charge in [-0.05, 0) is 44.0 Å². The number of fused-ring (bicyclic) bond motifs is 1. The van der Waals surface area contributed by atoms with Gasteiger partial charge in [-0.15, -0.1) is 0 Å². The second-order valence-electron chi connectivity index (χ2n) is 11.9. The number of carbonyl (C=O) groups is 3. The number of aliphatic hydroxyl groups excluding tert-OH is 2. The first-order chi connectivity index (χ1) is 23.6. The van der Waals surface area contributed by atoms with Gasteiger partial charge in [0.15, 0.2) is 23.3 Å². The highest BCUT2D eigenvalue weighted by molar-refractivity contribution is 7.22. The summed E-state index contributed by atoms with van der Waals surface area (Å²) in [4.78, 5) is 46.4. The number of aromatic nitrogens is 2. The van der Waals surface area contributed by atoms with Crippen molar-refractivity contribution in [2.75, 3.05) is 44.4 Å². The zero-order valence-corrected chi connectivity index (χ0v) is 28.7. The van der Waals surface area contributed by atoms with Crippen molar-refractivity contribution in [2.24, 2.45) is 0 Å². The van der Waals surface area contributed by atoms with Gasteiger partial charge in [-0.25, -0.2) is 19.0 Å². The van der Waals surface area contributed by atoms with Crippen LogP contribution >= 0.6 is 34.5 Å². The molecule has 1 amide bonds. The average molecular weight is 736 g/mol. The van der Waals surface area contributed by atoms with Gasteiger partial charge in [0.2, 0.25) is 0 Å². The van der Waals surface area contributed by atoms with Crippen LogP contribution in [0.15, 0.2) is 34.9 Å². The van der Waals surface area contributed by atoms with Gasteiger partial charge in [0.25, 0.3) is 5.91 Å². The molecule has 2 aromatic heterocycles. The number of halogens is 3. The Bertz CT molecular complexity index is 1860. The van der Waals surface area contributed by atoms with Gasteiger partial charge < -0.3 is 34.0 Å². The highest BCUT2D eigenvalue weighted by Gasteiger charge is 2.39. The second-order valence-corrected chi connectivity index (χ2v) is 13.8. The van der Waals surface area contributed by atoms with E-state index in [4.69, 9.17) is 47.4 Å². The standard InChI is InChI=1S/C33H33Cl2FN4O8S/c1-17-13-20(47-32(45)27-29(38-48-30(27)18-5-6-18)26-21(34)3-2-4-22(26)35)7-8-40(17)33-37-28-23(36)14-19(15-24(28)49-33)31(44)46-16-25(43)39(9-11-41)10-12-42/h2-4,14-15,17-18,20,41-42H,5-13,16H2,1H3/t17-,20-/m0/s1. The van der Waals surface area contributed by atoms with Gasteiger partial charge in [-0.1, -0.05) is 45.8 Å². The molecule has 1 aliphatic heterocycles. The third kappa shape index (κ3) is 7.53. The minimum atomic E-state index is -0.898. The summed E-state index contributed by atoms with van der Waals surface area (Å²) in [6.07, 6.45) is 2.29. The highest BCUT2D eigenvalue weighted by Crippen LogP contribution is 2.46. The Hall–Kier alpha value is -3.82. The molecule has 2 N–H and O–H groups in total. The van der Waals surface area contributed by atoms with E-state index >= 15 is 4.39 Å². The molecule has 2 aliphatic rings. The summed E-state index contributed by atoms with van der Waals surface area (Å²) >= 11 is 14.1. The molecule has 0 radical (unpaired) electrons. The maximum Gasteiger partial charge on any atom is 0.344 e. The van der Waals surface area contributed by atoms with E-state index < -0.39 is 36.4 Å². The topological polar surface area (TPSA) is 156 Å². The van der Waals surface area contributed by atoms with Crippen molar-refractivity contribution < 1.29 is 43.0 Å². The number of thiazole rings is 1. The van der Waals surface area contributed by atoms with Crippen molar-refractivity contribution in [1.29, 1.82) is 0 Å². The maximum absolute atomic E-state index is 15.2. The third-order valence-electron chi connectivity index (χ3n) is 8.51. The average Bonchev–Trinajstić information content (AvgIpc) is 3.67. The molecule has 1 saturated carbocycles. The molecule has 2 fully saturated rings. The van der Waals surface area contributed by atoms with Crippen LogP contribution in [0.4, 0.5) is 9.52 Å². The fraction of sp³-hybridized carbons (Fsp3) is 0.424. The fourth-order valence-corrected chi connectivity index (χ4v) is 7.60. The molecule has 0 spiro atoms. The Morgan fingerprint density at radius 1 is 1.10 bits per heavy atom. The Balaban J connectivity index is 1.13. The summed E-state index contributed by atoms with van der Waals surface area (Å²) in [5.74, 6) is -2.22. The molecular formula is C33H33Cl2FN4O8S. The fourth-order valence-electron chi connectivity index (χ4n) is 5.87. The van der Waals surface area contributed by atoms with Crippen molar-refractivity contribution in [3.05, 3.63) is 63.1 Å². The number of piperidine rings is 1. The number of amides is 1. The SMILES string of the molecule is C[C@H]1C[C@@H](OC(=O)c2c(-c3c(Cl)cccc3Cl)noc2C2CC2)CCN1c1nc2c(F)cc(C(=O)OCC(=O)N(CCO)CCO)cc2s1. The number of nitrogens with zero attached hydrogens (tertiary/aromatic N) is 4. The van der Waals surface area contributed by atoms with Gasteiger partial charge >= 0.3 is 11.9 Å². The Morgan fingerprint density at radius 3 is 2.47 bits per heavy atom. The third-order valence-corrected chi connectivity index (χ3v) is 10.2. The van der Waals surface area contributed by atoms with Gasteiger partial charge in [0.1, 0.15) is 22.9 Å². The van der Waals surface area contributed by atoms with Crippen LogP contribution in [-0.2, 0) is 14.3 Å². The molecule has 2 atom stereocenters. The number of ether oxygens (including phenoxy) is 2. The minimum Gasteiger partial charge on any atom is -0.458 e. The molecule has 260 valence electrons. The molecule has 3 heterocycles. The maximum atomic E-state index is 15.2. The molecule has 0 bridgehead atoms. The van der Waals surface area contributed by atoms with Crippen LogP contribution in [0.25, 0.3) is 21.5 Å². The molecule has 1 saturated heterocycles. The summed E-state index contributed by atoms with van der Waals surface area (Å²) in [6.45, 7) is 1.12. The van der Waals surface area contributed by atoms with E-state index in [1.807, 2.05) is 11.8 Å². The quantitative estimate of drug-likeness (QED) is 0.178. The lowest BCUT2D eigenvalue weighted by Crippen LogP contribution is -2.44. The highest BCUT2D eigenvalue weighted by atomic mass is 35.5. The van der Waals surface area contributed by atoms with Crippen LogP contribution in [0, 0.1) is 5.82 Å². The first kappa shape index (κ1) is 35.0. The van der Waals surface area contributed by atoms with Crippen LogP contribution in [-0.4, -0.2) is 94.7 Å². The number of aliphatic hydroxyl groups is 2. The summed E-state index contributed by atoms with van der Waals surface area (Å²) in [6, 6.07) is 7.38. The first-order valence-corrected chi connectivity index (χ1v) is 17.3. The van der Waals surface area contributed by atoms with Crippen LogP contribution < -0.4 is 4.90 Å². The lowest BCUT2D eigenvalue weighted by molar-refractivity contribution is -0.135. The van der Waals surface area contributed by atoms with E-state index in [0.717, 1.165) is 23.8 Å². The largest absolute Gasteiger partial charge is 0.458 e. The second kappa shape index (κ2) is 15.0. The molecule has 49 heavy (non-hydrogen) atoms. The van der Waals surface area contributed by atoms with Crippen molar-refractivity contribution in [3.63, 3.8) is 0 Å². The number of rotatable bonds is 12. The molecule has 12 nitrogen and oxygen atoms in total. The Kier molecular flexibility index (Phi) is 10.7. The number of anilines is 1. The van der Waals surface area contributed by atoms with Gasteiger partial charge in [0.05, 0.1) is 33.5 Å². The predicted octanol–water partition coefficient (Wildman–Crippen LogP) is 5.46. The summed E-state index contributed by atoms with van der Waals surface area (Å²) in [5.41, 5.74) is 0.910. The minimum absolute atomic E-state index is 0.0255. The van der Waals surface area contributed by atoms with Crippen LogP contribution in [0.2, 0.25) is 10.0 Å². The van der Waals surface area contributed by atoms with Crippen LogP contribution in [0.5, 0.6) is 0 Å². The molecule has 0 unspecified atom stereocenters. The van der Waals surface area contributed by atoms with E-state index in [2.05, 4.69) is 10.1 Å². The van der Waals surface area contributed by atoms with Crippen molar-refractivity contribution >= 4 is 67.7 Å². The molecule has 1 aliphatic carbocycles. The van der Waals surface area contributed by atoms with Crippen LogP contribution in [0.1, 0.15) is 65.0 Å². The van der Waals surface area contributed by atoms with E-state index in [9.17, 15) is 14.4 Å².